The van der Waals surface area contributed by atoms with E-state index in [9.17, 15) is 4.79 Å². The van der Waals surface area contributed by atoms with Crippen LogP contribution in [0.2, 0.25) is 0 Å². The van der Waals surface area contributed by atoms with Crippen LogP contribution in [0.5, 0.6) is 0 Å². The molecule has 0 aliphatic carbocycles. The fraction of sp³-hybridized carbons (Fsp3) is 0.286. The van der Waals surface area contributed by atoms with Gasteiger partial charge in [-0.05, 0) is 48.1 Å². The van der Waals surface area contributed by atoms with E-state index in [-0.39, 0.29) is 0 Å². The second-order valence-electron chi connectivity index (χ2n) is 9.21. The summed E-state index contributed by atoms with van der Waals surface area (Å²) in [5.74, 6) is 2.04. The standard InChI is InChI=1S/C28H29N5O/c34-21-32-15-5-10-27(32)33-24(12-11-23-7-2-4-9-26(23)33)20-30-16-18-31(19-17-30)28-25-8-3-1-6-22(25)13-14-29-28/h1-10,13-15,21,24H,11-12,16-20H2. The van der Waals surface area contributed by atoms with Crippen molar-refractivity contribution in [2.45, 2.75) is 18.9 Å². The highest BCUT2D eigenvalue weighted by Crippen LogP contribution is 2.37. The number of rotatable bonds is 5. The molecule has 1 saturated heterocycles. The third-order valence-corrected chi connectivity index (χ3v) is 7.27. The number of nitrogens with zero attached hydrogens (tertiary/aromatic N) is 5. The smallest absolute Gasteiger partial charge is 0.219 e. The fourth-order valence-electron chi connectivity index (χ4n) is 5.56. The van der Waals surface area contributed by atoms with Gasteiger partial charge in [0.15, 0.2) is 0 Å². The molecule has 2 aliphatic heterocycles. The van der Waals surface area contributed by atoms with E-state index in [0.717, 1.165) is 63.6 Å². The monoisotopic (exact) mass is 451 g/mol. The number of hydrogen-bond donors (Lipinski definition) is 0. The van der Waals surface area contributed by atoms with Gasteiger partial charge in [0.1, 0.15) is 11.6 Å². The third kappa shape index (κ3) is 3.74. The van der Waals surface area contributed by atoms with Gasteiger partial charge in [0.25, 0.3) is 0 Å². The second kappa shape index (κ2) is 8.95. The van der Waals surface area contributed by atoms with Gasteiger partial charge in [0.2, 0.25) is 6.41 Å². The molecule has 4 aromatic rings. The molecule has 0 spiro atoms. The Morgan fingerprint density at radius 3 is 2.62 bits per heavy atom. The maximum Gasteiger partial charge on any atom is 0.219 e. The van der Waals surface area contributed by atoms with Crippen molar-refractivity contribution in [1.82, 2.24) is 14.5 Å². The minimum Gasteiger partial charge on any atom is -0.354 e. The Balaban J connectivity index is 1.21. The van der Waals surface area contributed by atoms with Crippen LogP contribution >= 0.6 is 0 Å². The molecule has 4 heterocycles. The Kier molecular flexibility index (Phi) is 5.51. The molecule has 1 unspecified atom stereocenters. The van der Waals surface area contributed by atoms with Crippen LogP contribution in [0.4, 0.5) is 17.3 Å². The molecule has 1 fully saturated rings. The first-order valence-electron chi connectivity index (χ1n) is 12.1. The molecule has 0 bridgehead atoms. The summed E-state index contributed by atoms with van der Waals surface area (Å²) in [7, 11) is 0. The molecule has 0 radical (unpaired) electrons. The van der Waals surface area contributed by atoms with Crippen molar-refractivity contribution in [2.24, 2.45) is 0 Å². The van der Waals surface area contributed by atoms with E-state index < -0.39 is 0 Å². The zero-order valence-corrected chi connectivity index (χ0v) is 19.3. The van der Waals surface area contributed by atoms with Crippen LogP contribution in [0.25, 0.3) is 10.8 Å². The van der Waals surface area contributed by atoms with Crippen LogP contribution in [-0.2, 0) is 11.2 Å². The van der Waals surface area contributed by atoms with Gasteiger partial charge >= 0.3 is 0 Å². The molecule has 0 amide bonds. The summed E-state index contributed by atoms with van der Waals surface area (Å²) >= 11 is 0. The lowest BCUT2D eigenvalue weighted by atomic mass is 9.95. The zero-order chi connectivity index (χ0) is 22.9. The van der Waals surface area contributed by atoms with Gasteiger partial charge in [-0.3, -0.25) is 14.3 Å². The van der Waals surface area contributed by atoms with Crippen molar-refractivity contribution in [3.63, 3.8) is 0 Å². The molecule has 6 heteroatoms. The molecule has 2 aromatic heterocycles. The topological polar surface area (TPSA) is 44.6 Å². The highest BCUT2D eigenvalue weighted by Gasteiger charge is 2.31. The van der Waals surface area contributed by atoms with Crippen molar-refractivity contribution in [2.75, 3.05) is 42.5 Å². The predicted molar refractivity (Wildman–Crippen MR) is 138 cm³/mol. The number of para-hydroxylation sites is 1. The van der Waals surface area contributed by atoms with Crippen LogP contribution in [0, 0.1) is 0 Å². The Bertz CT molecular complexity index is 1300. The van der Waals surface area contributed by atoms with Gasteiger partial charge in [0, 0.05) is 62.2 Å². The number of benzene rings is 2. The lowest BCUT2D eigenvalue weighted by Gasteiger charge is -2.43. The minimum absolute atomic E-state index is 0.325. The van der Waals surface area contributed by atoms with Crippen LogP contribution in [-0.4, -0.2) is 59.6 Å². The molecule has 0 saturated carbocycles. The second-order valence-corrected chi connectivity index (χ2v) is 9.21. The van der Waals surface area contributed by atoms with Gasteiger partial charge in [-0.2, -0.15) is 0 Å². The van der Waals surface area contributed by atoms with Gasteiger partial charge in [-0.15, -0.1) is 0 Å². The Hall–Kier alpha value is -3.64. The number of hydrogen-bond acceptors (Lipinski definition) is 5. The first-order valence-corrected chi connectivity index (χ1v) is 12.1. The highest BCUT2D eigenvalue weighted by molar-refractivity contribution is 5.92. The fourth-order valence-corrected chi connectivity index (χ4v) is 5.56. The maximum absolute atomic E-state index is 11.7. The number of carbonyl (C=O) groups is 1. The molecule has 0 N–H and O–H groups in total. The summed E-state index contributed by atoms with van der Waals surface area (Å²) in [6.07, 6.45) is 6.81. The van der Waals surface area contributed by atoms with E-state index in [1.54, 1.807) is 4.57 Å². The Morgan fingerprint density at radius 1 is 0.912 bits per heavy atom. The molecular weight excluding hydrogens is 422 g/mol. The summed E-state index contributed by atoms with van der Waals surface area (Å²) in [6.45, 7) is 4.93. The average Bonchev–Trinajstić information content (AvgIpc) is 3.37. The normalized spacial score (nSPS) is 18.8. The number of aryl methyl sites for hydroxylation is 1. The van der Waals surface area contributed by atoms with Gasteiger partial charge in [-0.1, -0.05) is 42.5 Å². The maximum atomic E-state index is 11.7. The Morgan fingerprint density at radius 2 is 1.74 bits per heavy atom. The lowest BCUT2D eigenvalue weighted by molar-refractivity contribution is 0.236. The van der Waals surface area contributed by atoms with Gasteiger partial charge in [-0.25, -0.2) is 4.98 Å². The molecule has 2 aromatic carbocycles. The summed E-state index contributed by atoms with van der Waals surface area (Å²) in [5.41, 5.74) is 2.57. The van der Waals surface area contributed by atoms with Crippen LogP contribution in [0.1, 0.15) is 12.0 Å². The molecule has 6 rings (SSSR count). The van der Waals surface area contributed by atoms with Gasteiger partial charge < -0.3 is 9.80 Å². The number of piperazine rings is 1. The zero-order valence-electron chi connectivity index (χ0n) is 19.3. The molecule has 2 aliphatic rings. The molecule has 6 nitrogen and oxygen atoms in total. The summed E-state index contributed by atoms with van der Waals surface area (Å²) in [5, 5.41) is 2.47. The molecule has 1 atom stereocenters. The van der Waals surface area contributed by atoms with Gasteiger partial charge in [0.05, 0.1) is 0 Å². The van der Waals surface area contributed by atoms with Crippen molar-refractivity contribution in [1.29, 1.82) is 0 Å². The predicted octanol–water partition coefficient (Wildman–Crippen LogP) is 4.35. The van der Waals surface area contributed by atoms with E-state index in [2.05, 4.69) is 69.3 Å². The van der Waals surface area contributed by atoms with Crippen LogP contribution in [0.3, 0.4) is 0 Å². The largest absolute Gasteiger partial charge is 0.354 e. The first kappa shape index (κ1) is 20.9. The minimum atomic E-state index is 0.325. The quantitative estimate of drug-likeness (QED) is 0.422. The number of anilines is 3. The van der Waals surface area contributed by atoms with Crippen molar-refractivity contribution >= 4 is 34.5 Å². The molecule has 172 valence electrons. The Labute approximate surface area is 200 Å². The SMILES string of the molecule is O=Cn1cccc1N1c2ccccc2CCC1CN1CCN(c2nccc3ccccc23)CC1. The third-order valence-electron chi connectivity index (χ3n) is 7.27. The van der Waals surface area contributed by atoms with E-state index in [0.29, 0.717) is 6.04 Å². The van der Waals surface area contributed by atoms with Crippen LogP contribution in [0.15, 0.2) is 79.1 Å². The van der Waals surface area contributed by atoms with Crippen molar-refractivity contribution < 1.29 is 4.79 Å². The van der Waals surface area contributed by atoms with E-state index in [1.165, 1.54) is 22.0 Å². The van der Waals surface area contributed by atoms with Crippen molar-refractivity contribution in [3.05, 3.63) is 84.7 Å². The number of aromatic nitrogens is 2. The number of fused-ring (bicyclic) bond motifs is 2. The highest BCUT2D eigenvalue weighted by atomic mass is 16.1. The average molecular weight is 452 g/mol. The van der Waals surface area contributed by atoms with E-state index in [4.69, 9.17) is 4.98 Å². The molecular formula is C28H29N5O. The number of pyridine rings is 1. The lowest BCUT2D eigenvalue weighted by Crippen LogP contribution is -2.52. The van der Waals surface area contributed by atoms with Crippen LogP contribution < -0.4 is 9.80 Å². The van der Waals surface area contributed by atoms with E-state index >= 15 is 0 Å². The summed E-state index contributed by atoms with van der Waals surface area (Å²) < 4.78 is 1.69. The number of carbonyl (C=O) groups excluding carboxylic acids is 1. The summed E-state index contributed by atoms with van der Waals surface area (Å²) in [4.78, 5) is 23.8. The van der Waals surface area contributed by atoms with Crippen molar-refractivity contribution in [3.8, 4) is 0 Å². The first-order chi connectivity index (χ1) is 16.8. The van der Waals surface area contributed by atoms with E-state index in [1.807, 2.05) is 24.5 Å². The molecule has 34 heavy (non-hydrogen) atoms. The summed E-state index contributed by atoms with van der Waals surface area (Å²) in [6, 6.07) is 23.5.